The molecular weight excluding hydrogens is 214 g/mol. The Bertz CT molecular complexity index is 482. The molecule has 88 valence electrons. The molecule has 0 aliphatic heterocycles. The van der Waals surface area contributed by atoms with Crippen molar-refractivity contribution in [2.45, 2.75) is 6.54 Å². The van der Waals surface area contributed by atoms with Crippen LogP contribution in [0.15, 0.2) is 42.7 Å². The van der Waals surface area contributed by atoms with Crippen LogP contribution in [0, 0.1) is 0 Å². The van der Waals surface area contributed by atoms with E-state index in [9.17, 15) is 0 Å². The van der Waals surface area contributed by atoms with Crippen LogP contribution in [0.1, 0.15) is 5.56 Å². The number of rotatable bonds is 4. The van der Waals surface area contributed by atoms with Gasteiger partial charge in [0.25, 0.3) is 0 Å². The van der Waals surface area contributed by atoms with E-state index >= 15 is 0 Å². The minimum atomic E-state index is 0.654. The van der Waals surface area contributed by atoms with Gasteiger partial charge >= 0.3 is 0 Å². The summed E-state index contributed by atoms with van der Waals surface area (Å²) in [6, 6.07) is 9.77. The molecule has 0 fully saturated rings. The number of ether oxygens (including phenoxy) is 1. The van der Waals surface area contributed by atoms with E-state index in [1.807, 2.05) is 30.3 Å². The smallest absolute Gasteiger partial charge is 0.118 e. The molecule has 0 amide bonds. The van der Waals surface area contributed by atoms with Gasteiger partial charge in [0.15, 0.2) is 0 Å². The summed E-state index contributed by atoms with van der Waals surface area (Å²) in [6.45, 7) is 0.720. The maximum Gasteiger partial charge on any atom is 0.118 e. The van der Waals surface area contributed by atoms with Crippen LogP contribution < -0.4 is 15.8 Å². The molecule has 0 radical (unpaired) electrons. The number of nitrogens with one attached hydrogen (secondary N) is 1. The topological polar surface area (TPSA) is 60.2 Å². The predicted molar refractivity (Wildman–Crippen MR) is 69.0 cm³/mol. The minimum Gasteiger partial charge on any atom is -0.497 e. The molecule has 3 N–H and O–H groups in total. The number of hydrogen-bond acceptors (Lipinski definition) is 4. The summed E-state index contributed by atoms with van der Waals surface area (Å²) in [6.07, 6.45) is 3.35. The van der Waals surface area contributed by atoms with Gasteiger partial charge in [0, 0.05) is 12.7 Å². The number of aromatic nitrogens is 1. The summed E-state index contributed by atoms with van der Waals surface area (Å²) < 4.78 is 5.10. The number of methoxy groups -OCH3 is 1. The summed E-state index contributed by atoms with van der Waals surface area (Å²) in [7, 11) is 1.66. The molecule has 0 aliphatic rings. The van der Waals surface area contributed by atoms with E-state index in [2.05, 4.69) is 10.3 Å². The van der Waals surface area contributed by atoms with Crippen molar-refractivity contribution in [3.8, 4) is 5.75 Å². The fourth-order valence-corrected chi connectivity index (χ4v) is 1.51. The highest BCUT2D eigenvalue weighted by Gasteiger charge is 1.98. The predicted octanol–water partition coefficient (Wildman–Crippen LogP) is 2.28. The highest BCUT2D eigenvalue weighted by atomic mass is 16.5. The third kappa shape index (κ3) is 2.87. The molecule has 0 spiro atoms. The Labute approximate surface area is 100 Å². The number of pyridine rings is 1. The van der Waals surface area contributed by atoms with E-state index in [0.29, 0.717) is 5.69 Å². The van der Waals surface area contributed by atoms with E-state index in [1.54, 1.807) is 19.5 Å². The summed E-state index contributed by atoms with van der Waals surface area (Å²) >= 11 is 0. The molecule has 2 rings (SSSR count). The number of nitrogens with zero attached hydrogens (tertiary/aromatic N) is 1. The molecule has 17 heavy (non-hydrogen) atoms. The summed E-state index contributed by atoms with van der Waals surface area (Å²) in [4.78, 5) is 3.94. The molecular formula is C13H15N3O. The fraction of sp³-hybridized carbons (Fsp3) is 0.154. The van der Waals surface area contributed by atoms with Gasteiger partial charge in [-0.1, -0.05) is 12.1 Å². The average molecular weight is 229 g/mol. The Balaban J connectivity index is 2.00. The molecule has 1 aromatic carbocycles. The van der Waals surface area contributed by atoms with Gasteiger partial charge in [-0.15, -0.1) is 0 Å². The molecule has 0 saturated carbocycles. The van der Waals surface area contributed by atoms with Crippen molar-refractivity contribution in [1.29, 1.82) is 0 Å². The first-order valence-electron chi connectivity index (χ1n) is 5.36. The quantitative estimate of drug-likeness (QED) is 0.844. The average Bonchev–Trinajstić information content (AvgIpc) is 2.38. The third-order valence-corrected chi connectivity index (χ3v) is 2.49. The van der Waals surface area contributed by atoms with Gasteiger partial charge in [-0.05, 0) is 23.8 Å². The van der Waals surface area contributed by atoms with Crippen LogP contribution in [0.2, 0.25) is 0 Å². The third-order valence-electron chi connectivity index (χ3n) is 2.49. The van der Waals surface area contributed by atoms with Crippen LogP contribution in [0.3, 0.4) is 0 Å². The Morgan fingerprint density at radius 2 is 2.00 bits per heavy atom. The van der Waals surface area contributed by atoms with Crippen molar-refractivity contribution >= 4 is 11.4 Å². The molecule has 4 heteroatoms. The number of hydrogen-bond donors (Lipinski definition) is 2. The zero-order valence-corrected chi connectivity index (χ0v) is 9.68. The first kappa shape index (κ1) is 11.3. The van der Waals surface area contributed by atoms with E-state index in [0.717, 1.165) is 18.0 Å². The molecule has 0 unspecified atom stereocenters. The van der Waals surface area contributed by atoms with Crippen LogP contribution in [0.25, 0.3) is 0 Å². The summed E-state index contributed by atoms with van der Waals surface area (Å²) in [5, 5.41) is 3.26. The molecule has 1 heterocycles. The molecule has 1 aromatic heterocycles. The minimum absolute atomic E-state index is 0.654. The maximum absolute atomic E-state index is 5.79. The van der Waals surface area contributed by atoms with Crippen molar-refractivity contribution < 1.29 is 4.74 Å². The Kier molecular flexibility index (Phi) is 3.45. The zero-order chi connectivity index (χ0) is 12.1. The molecule has 2 aromatic rings. The molecule has 0 atom stereocenters. The van der Waals surface area contributed by atoms with E-state index in [-0.39, 0.29) is 0 Å². The zero-order valence-electron chi connectivity index (χ0n) is 9.68. The van der Waals surface area contributed by atoms with E-state index in [4.69, 9.17) is 10.5 Å². The fourth-order valence-electron chi connectivity index (χ4n) is 1.51. The van der Waals surface area contributed by atoms with Gasteiger partial charge in [-0.2, -0.15) is 0 Å². The number of nitrogens with two attached hydrogens (primary N) is 1. The largest absolute Gasteiger partial charge is 0.497 e. The highest BCUT2D eigenvalue weighted by molar-refractivity contribution is 5.64. The summed E-state index contributed by atoms with van der Waals surface area (Å²) in [5.41, 5.74) is 8.51. The second-order valence-electron chi connectivity index (χ2n) is 3.66. The normalized spacial score (nSPS) is 9.94. The number of anilines is 2. The lowest BCUT2D eigenvalue weighted by Crippen LogP contribution is -2.02. The summed E-state index contributed by atoms with van der Waals surface area (Å²) in [5.74, 6) is 0.858. The van der Waals surface area contributed by atoms with E-state index < -0.39 is 0 Å². The van der Waals surface area contributed by atoms with E-state index in [1.165, 1.54) is 5.56 Å². The lowest BCUT2D eigenvalue weighted by molar-refractivity contribution is 0.414. The van der Waals surface area contributed by atoms with Crippen LogP contribution >= 0.6 is 0 Å². The van der Waals surface area contributed by atoms with Crippen LogP contribution in [0.5, 0.6) is 5.75 Å². The molecule has 0 aliphatic carbocycles. The number of benzene rings is 1. The van der Waals surface area contributed by atoms with Crippen molar-refractivity contribution in [2.24, 2.45) is 0 Å². The standard InChI is InChI=1S/C13H15N3O/c1-17-11-4-2-10(3-5-11)8-16-13-6-7-15-9-12(13)14/h2-7,9H,8,14H2,1H3,(H,15,16). The molecule has 4 nitrogen and oxygen atoms in total. The van der Waals surface area contributed by atoms with Crippen molar-refractivity contribution in [3.63, 3.8) is 0 Å². The second-order valence-corrected chi connectivity index (χ2v) is 3.66. The first-order chi connectivity index (χ1) is 8.29. The lowest BCUT2D eigenvalue weighted by atomic mass is 10.2. The Hall–Kier alpha value is -2.23. The van der Waals surface area contributed by atoms with Gasteiger partial charge in [0.1, 0.15) is 5.75 Å². The molecule has 0 bridgehead atoms. The Morgan fingerprint density at radius 1 is 1.24 bits per heavy atom. The SMILES string of the molecule is COc1ccc(CNc2ccncc2N)cc1. The maximum atomic E-state index is 5.79. The molecule has 0 saturated heterocycles. The van der Waals surface area contributed by atoms with Crippen molar-refractivity contribution in [3.05, 3.63) is 48.3 Å². The van der Waals surface area contributed by atoms with Crippen molar-refractivity contribution in [2.75, 3.05) is 18.2 Å². The second kappa shape index (κ2) is 5.21. The number of nitrogen functional groups attached to an aromatic ring is 1. The van der Waals surface area contributed by atoms with Gasteiger partial charge in [-0.3, -0.25) is 4.98 Å². The van der Waals surface area contributed by atoms with Gasteiger partial charge in [0.2, 0.25) is 0 Å². The lowest BCUT2D eigenvalue weighted by Gasteiger charge is -2.09. The monoisotopic (exact) mass is 229 g/mol. The van der Waals surface area contributed by atoms with Gasteiger partial charge in [0.05, 0.1) is 24.7 Å². The van der Waals surface area contributed by atoms with Crippen molar-refractivity contribution in [1.82, 2.24) is 4.98 Å². The van der Waals surface area contributed by atoms with Gasteiger partial charge < -0.3 is 15.8 Å². The van der Waals surface area contributed by atoms with Gasteiger partial charge in [-0.25, -0.2) is 0 Å². The van der Waals surface area contributed by atoms with Crippen LogP contribution in [-0.2, 0) is 6.54 Å². The first-order valence-corrected chi connectivity index (χ1v) is 5.36. The van der Waals surface area contributed by atoms with Crippen LogP contribution in [0.4, 0.5) is 11.4 Å². The highest BCUT2D eigenvalue weighted by Crippen LogP contribution is 2.17. The van der Waals surface area contributed by atoms with Crippen LogP contribution in [-0.4, -0.2) is 12.1 Å². The Morgan fingerprint density at radius 3 is 2.65 bits per heavy atom.